The number of primary amides is 1. The summed E-state index contributed by atoms with van der Waals surface area (Å²) in [6.45, 7) is 10.7. The molecule has 0 atom stereocenters. The predicted molar refractivity (Wildman–Crippen MR) is 141 cm³/mol. The van der Waals surface area contributed by atoms with Crippen LogP contribution in [0.1, 0.15) is 41.3 Å². The van der Waals surface area contributed by atoms with E-state index < -0.39 is 11.9 Å². The van der Waals surface area contributed by atoms with E-state index in [1.807, 2.05) is 17.9 Å². The number of piperazine rings is 1. The first-order valence-corrected chi connectivity index (χ1v) is 12.9. The first-order chi connectivity index (χ1) is 17.4. The van der Waals surface area contributed by atoms with Gasteiger partial charge in [-0.1, -0.05) is 24.3 Å². The molecule has 1 amide bonds. The molecule has 0 radical (unpaired) electrons. The molecular weight excluding hydrogens is 456 g/mol. The summed E-state index contributed by atoms with van der Waals surface area (Å²) >= 11 is 0. The molecule has 0 spiro atoms. The molecule has 2 heterocycles. The quantitative estimate of drug-likeness (QED) is 0.553. The molecule has 2 saturated heterocycles. The van der Waals surface area contributed by atoms with Gasteiger partial charge in [0.05, 0.1) is 6.54 Å². The van der Waals surface area contributed by atoms with Crippen molar-refractivity contribution >= 4 is 17.6 Å². The van der Waals surface area contributed by atoms with Crippen molar-refractivity contribution in [1.82, 2.24) is 9.80 Å². The lowest BCUT2D eigenvalue weighted by molar-refractivity contribution is -0.138. The lowest BCUT2D eigenvalue weighted by Gasteiger charge is -2.37. The highest BCUT2D eigenvalue weighted by atomic mass is 16.5. The molecule has 2 aromatic carbocycles. The monoisotopic (exact) mass is 494 g/mol. The van der Waals surface area contributed by atoms with E-state index in [1.165, 1.54) is 5.56 Å². The molecular formula is C28H38N4O4. The molecule has 4 rings (SSSR count). The van der Waals surface area contributed by atoms with E-state index in [-0.39, 0.29) is 6.54 Å². The molecule has 194 valence electrons. The minimum absolute atomic E-state index is 0.109. The zero-order chi connectivity index (χ0) is 25.7. The number of aliphatic carboxylic acids is 1. The maximum Gasteiger partial charge on any atom is 0.317 e. The Labute approximate surface area is 213 Å². The largest absolute Gasteiger partial charge is 0.480 e. The zero-order valence-electron chi connectivity index (χ0n) is 21.4. The molecule has 8 nitrogen and oxygen atoms in total. The van der Waals surface area contributed by atoms with Gasteiger partial charge in [-0.25, -0.2) is 0 Å². The van der Waals surface area contributed by atoms with Crippen molar-refractivity contribution in [3.8, 4) is 11.1 Å². The van der Waals surface area contributed by atoms with Crippen LogP contribution in [0.2, 0.25) is 0 Å². The third-order valence-corrected chi connectivity index (χ3v) is 7.44. The lowest BCUT2D eigenvalue weighted by Crippen LogP contribution is -2.47. The first-order valence-electron chi connectivity index (χ1n) is 12.9. The van der Waals surface area contributed by atoms with Gasteiger partial charge in [-0.05, 0) is 61.1 Å². The van der Waals surface area contributed by atoms with E-state index in [4.69, 9.17) is 15.6 Å². The summed E-state index contributed by atoms with van der Waals surface area (Å²) in [7, 11) is 0. The fourth-order valence-electron chi connectivity index (χ4n) is 5.40. The number of carbonyl (C=O) groups is 2. The molecule has 36 heavy (non-hydrogen) atoms. The number of ether oxygens (including phenoxy) is 1. The van der Waals surface area contributed by atoms with Gasteiger partial charge in [0.15, 0.2) is 0 Å². The number of nitrogens with two attached hydrogens (primary N) is 1. The Morgan fingerprint density at radius 2 is 1.67 bits per heavy atom. The first kappa shape index (κ1) is 26.1. The van der Waals surface area contributed by atoms with Crippen molar-refractivity contribution in [2.24, 2.45) is 5.73 Å². The van der Waals surface area contributed by atoms with E-state index in [0.717, 1.165) is 87.7 Å². The van der Waals surface area contributed by atoms with Crippen molar-refractivity contribution in [3.63, 3.8) is 0 Å². The van der Waals surface area contributed by atoms with E-state index >= 15 is 0 Å². The van der Waals surface area contributed by atoms with E-state index in [1.54, 1.807) is 0 Å². The Hall–Kier alpha value is -2.94. The van der Waals surface area contributed by atoms with E-state index in [9.17, 15) is 9.59 Å². The second kappa shape index (κ2) is 11.9. The van der Waals surface area contributed by atoms with Crippen LogP contribution >= 0.6 is 0 Å². The van der Waals surface area contributed by atoms with Gasteiger partial charge < -0.3 is 20.5 Å². The highest BCUT2D eigenvalue weighted by Gasteiger charge is 2.24. The molecule has 2 aliphatic rings. The van der Waals surface area contributed by atoms with Crippen LogP contribution < -0.4 is 10.6 Å². The van der Waals surface area contributed by atoms with Crippen LogP contribution in [0.25, 0.3) is 11.1 Å². The second-order valence-electron chi connectivity index (χ2n) is 9.80. The van der Waals surface area contributed by atoms with Gasteiger partial charge in [0.1, 0.15) is 0 Å². The maximum absolute atomic E-state index is 12.3. The number of benzene rings is 2. The van der Waals surface area contributed by atoms with Gasteiger partial charge in [0, 0.05) is 69.8 Å². The molecule has 2 aliphatic heterocycles. The third-order valence-electron chi connectivity index (χ3n) is 7.44. The molecule has 2 fully saturated rings. The number of hydrogen-bond acceptors (Lipinski definition) is 6. The summed E-state index contributed by atoms with van der Waals surface area (Å²) in [5, 5.41) is 8.99. The third kappa shape index (κ3) is 6.24. The van der Waals surface area contributed by atoms with Crippen LogP contribution in [-0.2, 0) is 16.1 Å². The Bertz CT molecular complexity index is 1060. The number of carboxylic acid groups (broad SMARTS) is 1. The fourth-order valence-corrected chi connectivity index (χ4v) is 5.40. The zero-order valence-corrected chi connectivity index (χ0v) is 21.4. The Kier molecular flexibility index (Phi) is 8.61. The van der Waals surface area contributed by atoms with Crippen LogP contribution in [-0.4, -0.2) is 85.3 Å². The maximum atomic E-state index is 12.3. The van der Waals surface area contributed by atoms with Gasteiger partial charge in [-0.3, -0.25) is 19.4 Å². The van der Waals surface area contributed by atoms with Crippen LogP contribution in [0.15, 0.2) is 36.4 Å². The Morgan fingerprint density at radius 1 is 1.03 bits per heavy atom. The minimum atomic E-state index is -0.771. The van der Waals surface area contributed by atoms with Crippen molar-refractivity contribution in [3.05, 3.63) is 53.1 Å². The average molecular weight is 495 g/mol. The van der Waals surface area contributed by atoms with Crippen molar-refractivity contribution < 1.29 is 19.4 Å². The Balaban J connectivity index is 1.52. The highest BCUT2D eigenvalue weighted by molar-refractivity contribution is 5.97. The fraction of sp³-hybridized carbons (Fsp3) is 0.500. The van der Waals surface area contributed by atoms with Crippen LogP contribution in [0.4, 0.5) is 5.69 Å². The summed E-state index contributed by atoms with van der Waals surface area (Å²) < 4.78 is 5.57. The number of carboxylic acids is 1. The van der Waals surface area contributed by atoms with Gasteiger partial charge in [-0.15, -0.1) is 0 Å². The molecule has 0 aromatic heterocycles. The Morgan fingerprint density at radius 3 is 2.25 bits per heavy atom. The number of rotatable bonds is 9. The second-order valence-corrected chi connectivity index (χ2v) is 9.80. The van der Waals surface area contributed by atoms with Crippen LogP contribution in [0.5, 0.6) is 0 Å². The van der Waals surface area contributed by atoms with Crippen molar-refractivity contribution in [1.29, 1.82) is 0 Å². The minimum Gasteiger partial charge on any atom is -0.480 e. The van der Waals surface area contributed by atoms with Gasteiger partial charge in [-0.2, -0.15) is 0 Å². The SMILES string of the molecule is CCN(c1cc(-c2ccc(CN3CCN(CC(=O)O)CC3)cc2)cc(C(N)=O)c1C)C1CCOCC1. The highest BCUT2D eigenvalue weighted by Crippen LogP contribution is 2.34. The van der Waals surface area contributed by atoms with Gasteiger partial charge in [0.2, 0.25) is 5.91 Å². The van der Waals surface area contributed by atoms with Crippen LogP contribution in [0, 0.1) is 6.92 Å². The molecule has 3 N–H and O–H groups in total. The summed E-state index contributed by atoms with van der Waals surface area (Å²) in [6.07, 6.45) is 1.95. The predicted octanol–water partition coefficient (Wildman–Crippen LogP) is 2.97. The molecule has 0 bridgehead atoms. The molecule has 0 unspecified atom stereocenters. The molecule has 0 aliphatic carbocycles. The van der Waals surface area contributed by atoms with Gasteiger partial charge in [0.25, 0.3) is 0 Å². The summed E-state index contributed by atoms with van der Waals surface area (Å²) in [6, 6.07) is 13.0. The number of anilines is 1. The normalized spacial score (nSPS) is 17.7. The van der Waals surface area contributed by atoms with Crippen molar-refractivity contribution in [2.75, 3.05) is 57.4 Å². The summed E-state index contributed by atoms with van der Waals surface area (Å²) in [5.74, 6) is -1.18. The molecule has 8 heteroatoms. The molecule has 2 aromatic rings. The average Bonchev–Trinajstić information content (AvgIpc) is 2.87. The van der Waals surface area contributed by atoms with Gasteiger partial charge >= 0.3 is 5.97 Å². The van der Waals surface area contributed by atoms with Crippen molar-refractivity contribution in [2.45, 2.75) is 39.3 Å². The van der Waals surface area contributed by atoms with Crippen LogP contribution in [0.3, 0.4) is 0 Å². The number of amides is 1. The number of hydrogen-bond donors (Lipinski definition) is 2. The topological polar surface area (TPSA) is 99.3 Å². The summed E-state index contributed by atoms with van der Waals surface area (Å²) in [5.41, 5.74) is 11.6. The van der Waals surface area contributed by atoms with E-state index in [2.05, 4.69) is 47.1 Å². The number of nitrogens with zero attached hydrogens (tertiary/aromatic N) is 3. The smallest absolute Gasteiger partial charge is 0.317 e. The summed E-state index contributed by atoms with van der Waals surface area (Å²) in [4.78, 5) is 30.0. The lowest BCUT2D eigenvalue weighted by atomic mass is 9.95. The molecule has 0 saturated carbocycles. The standard InChI is InChI=1S/C28H38N4O4/c1-3-32(24-8-14-36-15-9-24)26-17-23(16-25(20(26)2)28(29)35)22-6-4-21(5-7-22)18-30-10-12-31(13-11-30)19-27(33)34/h4-7,16-17,24H,3,8-15,18-19H2,1-2H3,(H2,29,35)(H,33,34). The number of carbonyl (C=O) groups excluding carboxylic acids is 1. The van der Waals surface area contributed by atoms with E-state index in [0.29, 0.717) is 11.6 Å².